The molecule has 6 rings (SSSR count). The first kappa shape index (κ1) is 30.7. The van der Waals surface area contributed by atoms with E-state index in [1.54, 1.807) is 11.8 Å². The van der Waals surface area contributed by atoms with Crippen molar-refractivity contribution in [1.82, 2.24) is 20.1 Å². The Bertz CT molecular complexity index is 1660. The molecule has 12 heteroatoms. The second kappa shape index (κ2) is 13.4. The first-order valence-corrected chi connectivity index (χ1v) is 16.0. The van der Waals surface area contributed by atoms with E-state index in [4.69, 9.17) is 0 Å². The minimum Gasteiger partial charge on any atom is -0.406 e. The molecule has 2 aliphatic rings. The van der Waals surface area contributed by atoms with E-state index in [2.05, 4.69) is 61.2 Å². The van der Waals surface area contributed by atoms with Crippen LogP contribution in [0.3, 0.4) is 0 Å². The number of aromatic nitrogens is 3. The van der Waals surface area contributed by atoms with Crippen LogP contribution in [0.4, 0.5) is 23.7 Å². The van der Waals surface area contributed by atoms with Crippen LogP contribution in [0.25, 0.3) is 17.1 Å². The molecule has 2 atom stereocenters. The number of nitrogens with one attached hydrogen (secondary N) is 1. The number of alkyl halides is 3. The standard InChI is InChI=1S/C33H33F3N6O2S/c1-2-22-6-3-4-7-29(22)41-18-5-19-45-32(41)39-31(43)38-26-13-12-25(20-26)23-8-10-24(11-9-23)30-37-21-42(40-30)27-14-16-28(17-15-27)44-33(34,35)36/h3-4,6-11,14-17,21,25-26H,2,5,12-13,18-20H2,1H3,(H,38,43). The van der Waals surface area contributed by atoms with Gasteiger partial charge < -0.3 is 15.0 Å². The Kier molecular flexibility index (Phi) is 9.11. The molecule has 1 aliphatic heterocycles. The van der Waals surface area contributed by atoms with Gasteiger partial charge in [-0.2, -0.15) is 4.99 Å². The number of benzene rings is 3. The number of amides is 2. The maximum Gasteiger partial charge on any atom is 0.573 e. The van der Waals surface area contributed by atoms with E-state index in [1.165, 1.54) is 46.4 Å². The number of carbonyl (C=O) groups excluding carboxylic acids is 1. The molecule has 234 valence electrons. The van der Waals surface area contributed by atoms with E-state index in [0.717, 1.165) is 60.8 Å². The zero-order valence-electron chi connectivity index (χ0n) is 24.7. The summed E-state index contributed by atoms with van der Waals surface area (Å²) in [5.41, 5.74) is 4.94. The van der Waals surface area contributed by atoms with Gasteiger partial charge in [0.15, 0.2) is 11.0 Å². The summed E-state index contributed by atoms with van der Waals surface area (Å²) in [6.45, 7) is 2.99. The van der Waals surface area contributed by atoms with Gasteiger partial charge in [-0.25, -0.2) is 14.5 Å². The van der Waals surface area contributed by atoms with Crippen molar-refractivity contribution in [3.8, 4) is 22.8 Å². The maximum atomic E-state index is 13.0. The number of carbonyl (C=O) groups is 1. The predicted octanol–water partition coefficient (Wildman–Crippen LogP) is 7.74. The molecule has 45 heavy (non-hydrogen) atoms. The molecule has 1 N–H and O–H groups in total. The third-order valence-corrected chi connectivity index (χ3v) is 9.14. The van der Waals surface area contributed by atoms with Gasteiger partial charge in [0.05, 0.1) is 5.69 Å². The summed E-state index contributed by atoms with van der Waals surface area (Å²) < 4.78 is 42.7. The zero-order chi connectivity index (χ0) is 31.4. The number of hydrogen-bond acceptors (Lipinski definition) is 5. The highest BCUT2D eigenvalue weighted by atomic mass is 32.2. The molecule has 4 aromatic rings. The molecule has 1 saturated carbocycles. The summed E-state index contributed by atoms with van der Waals surface area (Å²) in [6, 6.07) is 21.6. The Morgan fingerprint density at radius 2 is 1.84 bits per heavy atom. The van der Waals surface area contributed by atoms with Crippen molar-refractivity contribution in [2.24, 2.45) is 4.99 Å². The van der Waals surface area contributed by atoms with Gasteiger partial charge in [-0.05, 0) is 79.5 Å². The number of hydrogen-bond donors (Lipinski definition) is 1. The van der Waals surface area contributed by atoms with E-state index in [0.29, 0.717) is 17.4 Å². The molecule has 2 fully saturated rings. The van der Waals surface area contributed by atoms with Crippen LogP contribution in [-0.4, -0.2) is 50.7 Å². The van der Waals surface area contributed by atoms with Gasteiger partial charge in [0.1, 0.15) is 12.1 Å². The molecule has 8 nitrogen and oxygen atoms in total. The summed E-state index contributed by atoms with van der Waals surface area (Å²) in [6.07, 6.45) is 1.43. The molecule has 1 aliphatic carbocycles. The lowest BCUT2D eigenvalue weighted by molar-refractivity contribution is -0.274. The van der Waals surface area contributed by atoms with Crippen molar-refractivity contribution in [1.29, 1.82) is 0 Å². The van der Waals surface area contributed by atoms with Crippen molar-refractivity contribution in [2.45, 2.75) is 57.3 Å². The number of aryl methyl sites for hydroxylation is 1. The van der Waals surface area contributed by atoms with Gasteiger partial charge in [-0.1, -0.05) is 61.2 Å². The van der Waals surface area contributed by atoms with Crippen LogP contribution in [-0.2, 0) is 6.42 Å². The third kappa shape index (κ3) is 7.50. The summed E-state index contributed by atoms with van der Waals surface area (Å²) in [5.74, 6) is 1.47. The van der Waals surface area contributed by atoms with Crippen LogP contribution in [0, 0.1) is 0 Å². The Morgan fingerprint density at radius 3 is 2.60 bits per heavy atom. The second-order valence-electron chi connectivity index (χ2n) is 11.1. The van der Waals surface area contributed by atoms with Gasteiger partial charge in [0, 0.05) is 29.6 Å². The number of thioether (sulfide) groups is 1. The van der Waals surface area contributed by atoms with Gasteiger partial charge in [-0.3, -0.25) is 0 Å². The molecule has 2 unspecified atom stereocenters. The third-order valence-electron chi connectivity index (χ3n) is 8.08. The normalized spacial score (nSPS) is 19.6. The number of rotatable bonds is 7. The van der Waals surface area contributed by atoms with E-state index in [1.807, 2.05) is 24.3 Å². The molecular weight excluding hydrogens is 601 g/mol. The van der Waals surface area contributed by atoms with Crippen molar-refractivity contribution in [3.05, 3.63) is 90.3 Å². The molecule has 2 amide bonds. The zero-order valence-corrected chi connectivity index (χ0v) is 25.5. The maximum absolute atomic E-state index is 13.0. The smallest absolute Gasteiger partial charge is 0.406 e. The lowest BCUT2D eigenvalue weighted by Gasteiger charge is -2.31. The number of anilines is 1. The molecule has 0 bridgehead atoms. The fourth-order valence-electron chi connectivity index (χ4n) is 5.88. The average molecular weight is 635 g/mol. The average Bonchev–Trinajstić information content (AvgIpc) is 3.72. The number of nitrogens with zero attached hydrogens (tertiary/aromatic N) is 5. The molecule has 1 aromatic heterocycles. The fraction of sp³-hybridized carbons (Fsp3) is 0.333. The largest absolute Gasteiger partial charge is 0.573 e. The minimum atomic E-state index is -4.74. The first-order valence-electron chi connectivity index (χ1n) is 15.0. The van der Waals surface area contributed by atoms with Gasteiger partial charge in [-0.15, -0.1) is 18.3 Å². The highest BCUT2D eigenvalue weighted by Gasteiger charge is 2.31. The Labute approximate surface area is 263 Å². The molecule has 2 heterocycles. The van der Waals surface area contributed by atoms with E-state index in [-0.39, 0.29) is 17.8 Å². The van der Waals surface area contributed by atoms with Crippen LogP contribution in [0.1, 0.15) is 49.7 Å². The molecule has 3 aromatic carbocycles. The number of para-hydroxylation sites is 1. The van der Waals surface area contributed by atoms with Crippen LogP contribution >= 0.6 is 11.8 Å². The number of halogens is 3. The summed E-state index contributed by atoms with van der Waals surface area (Å²) in [7, 11) is 0. The molecule has 1 saturated heterocycles. The Morgan fingerprint density at radius 1 is 1.07 bits per heavy atom. The summed E-state index contributed by atoms with van der Waals surface area (Å²) >= 11 is 1.63. The molecule has 0 spiro atoms. The highest BCUT2D eigenvalue weighted by Crippen LogP contribution is 2.35. The van der Waals surface area contributed by atoms with E-state index >= 15 is 0 Å². The monoisotopic (exact) mass is 634 g/mol. The first-order chi connectivity index (χ1) is 21.8. The number of ether oxygens (including phenoxy) is 1. The van der Waals surface area contributed by atoms with Gasteiger partial charge in [0.2, 0.25) is 0 Å². The van der Waals surface area contributed by atoms with Crippen molar-refractivity contribution in [3.63, 3.8) is 0 Å². The number of urea groups is 1. The fourth-order valence-corrected chi connectivity index (χ4v) is 6.83. The molecular formula is C33H33F3N6O2S. The van der Waals surface area contributed by atoms with Crippen molar-refractivity contribution in [2.75, 3.05) is 17.2 Å². The minimum absolute atomic E-state index is 0.0572. The van der Waals surface area contributed by atoms with Crippen LogP contribution in [0.2, 0.25) is 0 Å². The predicted molar refractivity (Wildman–Crippen MR) is 170 cm³/mol. The summed E-state index contributed by atoms with van der Waals surface area (Å²) in [4.78, 5) is 24.1. The van der Waals surface area contributed by atoms with E-state index in [9.17, 15) is 18.0 Å². The van der Waals surface area contributed by atoms with Crippen LogP contribution in [0.15, 0.2) is 84.1 Å². The summed E-state index contributed by atoms with van der Waals surface area (Å²) in [5, 5.41) is 8.39. The van der Waals surface area contributed by atoms with Gasteiger partial charge in [0.25, 0.3) is 0 Å². The van der Waals surface area contributed by atoms with Crippen molar-refractivity contribution < 1.29 is 22.7 Å². The topological polar surface area (TPSA) is 84.6 Å². The van der Waals surface area contributed by atoms with E-state index < -0.39 is 6.36 Å². The van der Waals surface area contributed by atoms with Crippen LogP contribution < -0.4 is 15.0 Å². The lowest BCUT2D eigenvalue weighted by Crippen LogP contribution is -2.37. The number of amidine groups is 1. The van der Waals surface area contributed by atoms with Gasteiger partial charge >= 0.3 is 12.4 Å². The molecule has 0 radical (unpaired) electrons. The second-order valence-corrected chi connectivity index (χ2v) is 12.1. The van der Waals surface area contributed by atoms with Crippen molar-refractivity contribution >= 4 is 28.6 Å². The Hall–Kier alpha value is -4.32. The highest BCUT2D eigenvalue weighted by molar-refractivity contribution is 8.14. The Balaban J connectivity index is 1.05. The van der Waals surface area contributed by atoms with Crippen LogP contribution in [0.5, 0.6) is 5.75 Å². The quantitative estimate of drug-likeness (QED) is 0.224. The lowest BCUT2D eigenvalue weighted by atomic mass is 9.96. The SMILES string of the molecule is CCc1ccccc1N1CCCSC1=NC(=O)NC1CCC(c2ccc(-c3ncn(-c4ccc(OC(F)(F)F)cc4)n3)cc2)C1. The number of aliphatic imine (C=N–C) groups is 1.